The number of aryl methyl sites for hydroxylation is 4. The number of carbonyl (C=O) groups is 4. The van der Waals surface area contributed by atoms with E-state index >= 15 is 0 Å². The standard InChI is InChI=1S/4C24H27FN2O4/c4*25-18-2-1-3-19(10-18)31-20-9-17-12-27(14-24(17,30)11-20)13-22(28)16-4-6-21-15(8-16)5-7-23(29)26-21/h4*1-4,6,8,10,17,20,22,28,30H,5,7,9,11-14H2,(H,26,29)/t2*17-,20+,22+,24-;2*17-,20+,22-,24-/m1010/s1. The van der Waals surface area contributed by atoms with E-state index in [9.17, 15) is 77.6 Å². The molecule has 24 nitrogen and oxygen atoms in total. The van der Waals surface area contributed by atoms with Gasteiger partial charge in [-0.1, -0.05) is 72.8 Å². The summed E-state index contributed by atoms with van der Waals surface area (Å²) in [7, 11) is 0. The molecule has 8 aliphatic heterocycles. The van der Waals surface area contributed by atoms with Crippen molar-refractivity contribution in [1.29, 1.82) is 0 Å². The lowest BCUT2D eigenvalue weighted by Gasteiger charge is -2.25. The number of hydrogen-bond acceptors (Lipinski definition) is 20. The Bertz CT molecular complexity index is 4630. The van der Waals surface area contributed by atoms with Crippen molar-refractivity contribution in [3.05, 3.63) is 238 Å². The number of aliphatic hydroxyl groups is 8. The average molecular weight is 1710 g/mol. The Morgan fingerprint density at radius 1 is 0.315 bits per heavy atom. The van der Waals surface area contributed by atoms with Crippen molar-refractivity contribution in [3.63, 3.8) is 0 Å². The van der Waals surface area contributed by atoms with E-state index in [4.69, 9.17) is 18.9 Å². The maximum absolute atomic E-state index is 13.4. The summed E-state index contributed by atoms with van der Waals surface area (Å²) in [5.74, 6) is 0.992. The number of hydrogen-bond donors (Lipinski definition) is 12. The highest BCUT2D eigenvalue weighted by atomic mass is 19.1. The molecule has 0 spiro atoms. The largest absolute Gasteiger partial charge is 0.490 e. The molecule has 0 aromatic heterocycles. The van der Waals surface area contributed by atoms with Gasteiger partial charge in [-0.25, -0.2) is 17.6 Å². The van der Waals surface area contributed by atoms with Gasteiger partial charge in [0.15, 0.2) is 0 Å². The van der Waals surface area contributed by atoms with Gasteiger partial charge in [-0.2, -0.15) is 0 Å². The zero-order valence-electron chi connectivity index (χ0n) is 69.0. The minimum atomic E-state index is -0.849. The van der Waals surface area contributed by atoms with Crippen LogP contribution in [0.2, 0.25) is 0 Å². The van der Waals surface area contributed by atoms with Crippen LogP contribution < -0.4 is 40.2 Å². The number of β-amino-alcohol motifs (C(OH)–C–C–N with tert-alkyl or cyclic N) is 8. The van der Waals surface area contributed by atoms with Gasteiger partial charge >= 0.3 is 0 Å². The first-order valence-electron chi connectivity index (χ1n) is 43.4. The Morgan fingerprint density at radius 2 is 0.532 bits per heavy atom. The van der Waals surface area contributed by atoms with Gasteiger partial charge in [-0.05, 0) is 169 Å². The molecule has 20 rings (SSSR count). The molecule has 16 atom stereocenters. The Hall–Kier alpha value is -9.92. The fourth-order valence-corrected chi connectivity index (χ4v) is 21.2. The molecule has 0 unspecified atom stereocenters. The van der Waals surface area contributed by atoms with Crippen molar-refractivity contribution < 1.29 is 96.5 Å². The third-order valence-corrected chi connectivity index (χ3v) is 27.2. The highest BCUT2D eigenvalue weighted by Gasteiger charge is 2.57. The summed E-state index contributed by atoms with van der Waals surface area (Å²) in [5, 5.41) is 99.2. The first kappa shape index (κ1) is 86.2. The number of halogens is 4. The summed E-state index contributed by atoms with van der Waals surface area (Å²) in [6.07, 6.45) is 6.20. The number of aliphatic hydroxyl groups excluding tert-OH is 4. The fraction of sp³-hybridized carbons (Fsp3) is 0.458. The normalized spacial score (nSPS) is 28.7. The third-order valence-electron chi connectivity index (χ3n) is 27.2. The van der Waals surface area contributed by atoms with E-state index in [0.717, 1.165) is 67.3 Å². The van der Waals surface area contributed by atoms with Crippen LogP contribution in [0.4, 0.5) is 40.3 Å². The molecule has 8 aromatic carbocycles. The predicted molar refractivity (Wildman–Crippen MR) is 453 cm³/mol. The number of benzene rings is 8. The molecule has 0 bridgehead atoms. The van der Waals surface area contributed by atoms with Gasteiger partial charge in [-0.15, -0.1) is 0 Å². The van der Waals surface area contributed by atoms with Gasteiger partial charge in [0.1, 0.15) is 70.7 Å². The second kappa shape index (κ2) is 36.2. The highest BCUT2D eigenvalue weighted by molar-refractivity contribution is 5.96. The summed E-state index contributed by atoms with van der Waals surface area (Å²) >= 11 is 0. The van der Waals surface area contributed by atoms with Crippen molar-refractivity contribution in [1.82, 2.24) is 19.6 Å². The lowest BCUT2D eigenvalue weighted by atomic mass is 9.95. The van der Waals surface area contributed by atoms with Gasteiger partial charge in [0.2, 0.25) is 23.6 Å². The van der Waals surface area contributed by atoms with Crippen molar-refractivity contribution in [2.75, 3.05) is 99.8 Å². The van der Waals surface area contributed by atoms with E-state index < -0.39 is 46.8 Å². The summed E-state index contributed by atoms with van der Waals surface area (Å²) < 4.78 is 77.2. The van der Waals surface area contributed by atoms with E-state index in [0.29, 0.717) is 204 Å². The van der Waals surface area contributed by atoms with Crippen LogP contribution in [0.1, 0.15) is 146 Å². The molecular weight excluding hydrogens is 1600 g/mol. The minimum Gasteiger partial charge on any atom is -0.490 e. The molecule has 4 saturated heterocycles. The molecule has 656 valence electrons. The molecule has 8 aromatic rings. The molecule has 8 heterocycles. The summed E-state index contributed by atoms with van der Waals surface area (Å²) in [6, 6.07) is 47.1. The number of nitrogens with zero attached hydrogens (tertiary/aromatic N) is 4. The molecule has 12 aliphatic rings. The quantitative estimate of drug-likeness (QED) is 0.0316. The first-order valence-corrected chi connectivity index (χ1v) is 43.4. The lowest BCUT2D eigenvalue weighted by molar-refractivity contribution is -0.117. The van der Waals surface area contributed by atoms with Crippen LogP contribution in [0.15, 0.2) is 170 Å². The fourth-order valence-electron chi connectivity index (χ4n) is 21.2. The monoisotopic (exact) mass is 1700 g/mol. The van der Waals surface area contributed by atoms with E-state index in [-0.39, 0.29) is 95.0 Å². The van der Waals surface area contributed by atoms with E-state index in [1.165, 1.54) is 48.5 Å². The molecule has 8 fully saturated rings. The number of anilines is 4. The second-order valence-corrected chi connectivity index (χ2v) is 36.4. The Kier molecular flexibility index (Phi) is 25.2. The van der Waals surface area contributed by atoms with Crippen LogP contribution in [0.3, 0.4) is 0 Å². The minimum absolute atomic E-state index is 0.0253. The number of fused-ring (bicyclic) bond motifs is 8. The van der Waals surface area contributed by atoms with E-state index in [2.05, 4.69) is 40.9 Å². The van der Waals surface area contributed by atoms with Gasteiger partial charge in [0.25, 0.3) is 0 Å². The summed E-state index contributed by atoms with van der Waals surface area (Å²) in [5.41, 5.74) is 7.37. The Morgan fingerprint density at radius 3 is 0.734 bits per heavy atom. The van der Waals surface area contributed by atoms with E-state index in [1.54, 1.807) is 48.5 Å². The number of rotatable bonds is 20. The van der Waals surface area contributed by atoms with Gasteiger partial charge in [-0.3, -0.25) is 38.8 Å². The maximum atomic E-state index is 13.4. The summed E-state index contributed by atoms with van der Waals surface area (Å²) in [4.78, 5) is 54.5. The van der Waals surface area contributed by atoms with Crippen LogP contribution in [0.25, 0.3) is 0 Å². The van der Waals surface area contributed by atoms with Gasteiger partial charge in [0, 0.05) is 201 Å². The number of carbonyl (C=O) groups excluding carboxylic acids is 4. The smallest absolute Gasteiger partial charge is 0.224 e. The zero-order valence-corrected chi connectivity index (χ0v) is 69.0. The summed E-state index contributed by atoms with van der Waals surface area (Å²) in [6.45, 7) is 6.48. The topological polar surface area (TPSA) is 328 Å². The van der Waals surface area contributed by atoms with Crippen LogP contribution in [0.5, 0.6) is 23.0 Å². The van der Waals surface area contributed by atoms with Crippen LogP contribution >= 0.6 is 0 Å². The average Bonchev–Trinajstić information content (AvgIpc) is 1.62. The number of amides is 4. The number of nitrogens with one attached hydrogen (secondary N) is 4. The van der Waals surface area contributed by atoms with Gasteiger partial charge in [0.05, 0.1) is 46.8 Å². The lowest BCUT2D eigenvalue weighted by Crippen LogP contribution is -2.36. The van der Waals surface area contributed by atoms with Gasteiger partial charge < -0.3 is 81.1 Å². The zero-order chi connectivity index (χ0) is 86.3. The predicted octanol–water partition coefficient (Wildman–Crippen LogP) is 10.6. The molecule has 12 N–H and O–H groups in total. The van der Waals surface area contributed by atoms with Crippen molar-refractivity contribution in [3.8, 4) is 23.0 Å². The first-order chi connectivity index (χ1) is 59.5. The molecule has 4 amide bonds. The molecule has 4 saturated carbocycles. The van der Waals surface area contributed by atoms with Crippen LogP contribution in [-0.4, -0.2) is 209 Å². The molecule has 124 heavy (non-hydrogen) atoms. The number of ether oxygens (including phenoxy) is 4. The van der Waals surface area contributed by atoms with Crippen molar-refractivity contribution >= 4 is 46.4 Å². The Labute approximate surface area is 717 Å². The van der Waals surface area contributed by atoms with Crippen molar-refractivity contribution in [2.45, 2.75) is 174 Å². The maximum Gasteiger partial charge on any atom is 0.224 e. The Balaban J connectivity index is 0.000000117. The van der Waals surface area contributed by atoms with E-state index in [1.807, 2.05) is 72.8 Å². The van der Waals surface area contributed by atoms with Crippen molar-refractivity contribution in [2.24, 2.45) is 23.7 Å². The van der Waals surface area contributed by atoms with Crippen LogP contribution in [0, 0.1) is 46.9 Å². The SMILES string of the molecule is O=C1CCc2cc([C@@H](O)CN3C[C@@H]4C[C@@H](Oc5cccc(F)c5)C[C@]4(O)C3)ccc2N1.O=C1CCc2cc([C@@H](O)CN3C[C@H]4C[C@H](Oc5cccc(F)c5)C[C@@]4(O)C3)ccc2N1.O=C1CCc2cc([C@H](O)CN3C[C@@H]4C[C@@H](Oc5cccc(F)c5)C[C@]4(O)C3)ccc2N1.O=C1CCc2cc([C@H](O)CN3C[C@H]4C[C@H](Oc5cccc(F)c5)C[C@@]4(O)C3)ccc2N1. The molecule has 4 aliphatic carbocycles. The molecule has 0 radical (unpaired) electrons. The third kappa shape index (κ3) is 20.1. The molecule has 28 heteroatoms. The second-order valence-electron chi connectivity index (χ2n) is 36.4. The number of likely N-dealkylation sites (tertiary alicyclic amines) is 4. The van der Waals surface area contributed by atoms with Crippen LogP contribution in [-0.2, 0) is 44.9 Å². The highest BCUT2D eigenvalue weighted by Crippen LogP contribution is 2.49. The molecular formula is C96H108F4N8O16.